The number of nitro groups is 1. The summed E-state index contributed by atoms with van der Waals surface area (Å²) in [6, 6.07) is 6.32. The van der Waals surface area contributed by atoms with E-state index in [1.54, 1.807) is 18.2 Å². The van der Waals surface area contributed by atoms with Gasteiger partial charge in [-0.25, -0.2) is 0 Å². The van der Waals surface area contributed by atoms with Crippen molar-refractivity contribution in [1.82, 2.24) is 0 Å². The molecule has 0 amide bonds. The molecule has 0 saturated carbocycles. The Morgan fingerprint density at radius 3 is 2.17 bits per heavy atom. The van der Waals surface area contributed by atoms with Crippen LogP contribution in [0, 0.1) is 10.1 Å². The van der Waals surface area contributed by atoms with Crippen molar-refractivity contribution in [2.24, 2.45) is 0 Å². The minimum absolute atomic E-state index is 0.0471. The van der Waals surface area contributed by atoms with E-state index in [0.29, 0.717) is 4.90 Å². The summed E-state index contributed by atoms with van der Waals surface area (Å²) in [7, 11) is 0. The molecule has 0 heterocycles. The van der Waals surface area contributed by atoms with Crippen LogP contribution < -0.4 is 0 Å². The Hall–Kier alpha value is -1.03. The number of nitro benzene ring substituents is 1. The Morgan fingerprint density at radius 1 is 1.33 bits per heavy atom. The molecule has 4 heteroatoms. The van der Waals surface area contributed by atoms with Crippen LogP contribution in [-0.4, -0.2) is 4.92 Å². The Balaban J connectivity index is 0.000000561. The fourth-order valence-electron chi connectivity index (χ4n) is 0.619. The highest BCUT2D eigenvalue weighted by Gasteiger charge is 2.06. The van der Waals surface area contributed by atoms with Crippen LogP contribution in [0.5, 0.6) is 0 Å². The quantitative estimate of drug-likeness (QED) is 0.415. The second kappa shape index (κ2) is 5.60. The van der Waals surface area contributed by atoms with Crippen molar-refractivity contribution >= 4 is 18.3 Å². The lowest BCUT2D eigenvalue weighted by molar-refractivity contribution is -0.387. The fraction of sp³-hybridized carbons (Fsp3) is 0.250. The van der Waals surface area contributed by atoms with Crippen LogP contribution >= 0.6 is 12.6 Å². The minimum Gasteiger partial charge on any atom is -0.258 e. The first-order valence-electron chi connectivity index (χ1n) is 3.64. The second-order valence-electron chi connectivity index (χ2n) is 1.75. The van der Waals surface area contributed by atoms with E-state index >= 15 is 0 Å². The molecule has 1 aromatic carbocycles. The number of thiol groups is 1. The molecule has 12 heavy (non-hydrogen) atoms. The van der Waals surface area contributed by atoms with E-state index in [1.165, 1.54) is 6.07 Å². The summed E-state index contributed by atoms with van der Waals surface area (Å²) in [4.78, 5) is 10.1. The van der Waals surface area contributed by atoms with Crippen molar-refractivity contribution < 1.29 is 4.92 Å². The summed E-state index contributed by atoms with van der Waals surface area (Å²) in [6.45, 7) is 4.00. The van der Waals surface area contributed by atoms with Crippen LogP contribution in [0.4, 0.5) is 5.69 Å². The van der Waals surface area contributed by atoms with Gasteiger partial charge in [0.15, 0.2) is 0 Å². The van der Waals surface area contributed by atoms with Gasteiger partial charge in [0.2, 0.25) is 0 Å². The van der Waals surface area contributed by atoms with Gasteiger partial charge in [0.25, 0.3) is 5.69 Å². The van der Waals surface area contributed by atoms with Crippen LogP contribution in [-0.2, 0) is 0 Å². The number of hydrogen-bond donors (Lipinski definition) is 1. The van der Waals surface area contributed by atoms with Crippen molar-refractivity contribution in [1.29, 1.82) is 0 Å². The maximum absolute atomic E-state index is 10.2. The molecule has 0 saturated heterocycles. The van der Waals surface area contributed by atoms with Crippen LogP contribution in [0.25, 0.3) is 0 Å². The third-order valence-electron chi connectivity index (χ3n) is 1.08. The normalized spacial score (nSPS) is 8.25. The topological polar surface area (TPSA) is 43.1 Å². The molecule has 3 nitrogen and oxygen atoms in total. The highest BCUT2D eigenvalue weighted by atomic mass is 32.1. The fourth-order valence-corrected chi connectivity index (χ4v) is 0.861. The van der Waals surface area contributed by atoms with Crippen molar-refractivity contribution in [2.45, 2.75) is 18.7 Å². The molecule has 1 aromatic rings. The van der Waals surface area contributed by atoms with Gasteiger partial charge in [-0.2, -0.15) is 0 Å². The lowest BCUT2D eigenvalue weighted by atomic mass is 10.3. The molecule has 0 unspecified atom stereocenters. The van der Waals surface area contributed by atoms with Crippen molar-refractivity contribution in [3.63, 3.8) is 0 Å². The average Bonchev–Trinajstić information content (AvgIpc) is 2.08. The van der Waals surface area contributed by atoms with Crippen molar-refractivity contribution in [3.8, 4) is 0 Å². The van der Waals surface area contributed by atoms with Gasteiger partial charge >= 0.3 is 0 Å². The Bertz CT molecular complexity index is 263. The molecule has 0 N–H and O–H groups in total. The molecule has 0 aliphatic heterocycles. The van der Waals surface area contributed by atoms with Crippen LogP contribution in [0.3, 0.4) is 0 Å². The van der Waals surface area contributed by atoms with E-state index in [1.807, 2.05) is 13.8 Å². The molecule has 0 atom stereocenters. The third-order valence-corrected chi connectivity index (χ3v) is 1.46. The summed E-state index contributed by atoms with van der Waals surface area (Å²) in [5, 5.41) is 10.2. The lowest BCUT2D eigenvalue weighted by Crippen LogP contribution is -1.87. The maximum Gasteiger partial charge on any atom is 0.282 e. The average molecular weight is 185 g/mol. The zero-order valence-electron chi connectivity index (χ0n) is 7.02. The molecule has 66 valence electrons. The summed E-state index contributed by atoms with van der Waals surface area (Å²) in [5.41, 5.74) is 0.0471. The number of nitrogens with zero attached hydrogens (tertiary/aromatic N) is 1. The second-order valence-corrected chi connectivity index (χ2v) is 2.23. The van der Waals surface area contributed by atoms with E-state index in [-0.39, 0.29) is 5.69 Å². The molecule has 0 radical (unpaired) electrons. The number of para-hydroxylation sites is 1. The first-order chi connectivity index (χ1) is 5.72. The molecule has 0 aromatic heterocycles. The third kappa shape index (κ3) is 2.92. The standard InChI is InChI=1S/C6H5NO2S.C2H6/c8-7(9)5-3-1-2-4-6(5)10;1-2/h1-4,10H;1-2H3. The molecular formula is C8H11NO2S. The number of hydrogen-bond acceptors (Lipinski definition) is 3. The van der Waals surface area contributed by atoms with E-state index in [4.69, 9.17) is 0 Å². The first-order valence-corrected chi connectivity index (χ1v) is 4.09. The first kappa shape index (κ1) is 11.0. The predicted molar refractivity (Wildman–Crippen MR) is 51.7 cm³/mol. The smallest absolute Gasteiger partial charge is 0.258 e. The number of rotatable bonds is 1. The zero-order chi connectivity index (χ0) is 9.56. The predicted octanol–water partition coefficient (Wildman–Crippen LogP) is 2.91. The van der Waals surface area contributed by atoms with Crippen LogP contribution in [0.2, 0.25) is 0 Å². The minimum atomic E-state index is -0.456. The van der Waals surface area contributed by atoms with Crippen molar-refractivity contribution in [2.75, 3.05) is 0 Å². The summed E-state index contributed by atoms with van der Waals surface area (Å²) in [5.74, 6) is 0. The summed E-state index contributed by atoms with van der Waals surface area (Å²) >= 11 is 3.90. The van der Waals surface area contributed by atoms with E-state index < -0.39 is 4.92 Å². The van der Waals surface area contributed by atoms with Gasteiger partial charge in [-0.1, -0.05) is 26.0 Å². The van der Waals surface area contributed by atoms with Gasteiger partial charge in [-0.3, -0.25) is 10.1 Å². The van der Waals surface area contributed by atoms with Gasteiger partial charge in [0, 0.05) is 6.07 Å². The Morgan fingerprint density at radius 2 is 1.83 bits per heavy atom. The molecule has 0 fully saturated rings. The molecular weight excluding hydrogens is 174 g/mol. The summed E-state index contributed by atoms with van der Waals surface area (Å²) in [6.07, 6.45) is 0. The SMILES string of the molecule is CC.O=[N+]([O-])c1ccccc1S. The van der Waals surface area contributed by atoms with E-state index in [9.17, 15) is 10.1 Å². The highest BCUT2D eigenvalue weighted by Crippen LogP contribution is 2.20. The monoisotopic (exact) mass is 185 g/mol. The molecule has 1 rings (SSSR count). The molecule has 0 spiro atoms. The Labute approximate surface area is 77.0 Å². The van der Waals surface area contributed by atoms with Gasteiger partial charge in [-0.15, -0.1) is 12.6 Å². The molecule has 0 aliphatic rings. The number of benzene rings is 1. The Kier molecular flexibility index (Phi) is 5.12. The molecule has 0 bridgehead atoms. The lowest BCUT2D eigenvalue weighted by Gasteiger charge is -1.91. The van der Waals surface area contributed by atoms with Gasteiger partial charge in [0.05, 0.1) is 9.82 Å². The summed E-state index contributed by atoms with van der Waals surface area (Å²) < 4.78 is 0. The van der Waals surface area contributed by atoms with Crippen LogP contribution in [0.15, 0.2) is 29.2 Å². The zero-order valence-corrected chi connectivity index (χ0v) is 7.91. The largest absolute Gasteiger partial charge is 0.282 e. The van der Waals surface area contributed by atoms with Gasteiger partial charge in [0.1, 0.15) is 0 Å². The maximum atomic E-state index is 10.2. The van der Waals surface area contributed by atoms with Crippen molar-refractivity contribution in [3.05, 3.63) is 34.4 Å². The van der Waals surface area contributed by atoms with E-state index in [0.717, 1.165) is 0 Å². The van der Waals surface area contributed by atoms with Crippen LogP contribution in [0.1, 0.15) is 13.8 Å². The van der Waals surface area contributed by atoms with E-state index in [2.05, 4.69) is 12.6 Å². The highest BCUT2D eigenvalue weighted by molar-refractivity contribution is 7.80. The molecule has 0 aliphatic carbocycles. The van der Waals surface area contributed by atoms with Gasteiger partial charge in [-0.05, 0) is 6.07 Å². The van der Waals surface area contributed by atoms with Gasteiger partial charge < -0.3 is 0 Å².